The summed E-state index contributed by atoms with van der Waals surface area (Å²) in [6.07, 6.45) is 3.95. The van der Waals surface area contributed by atoms with Crippen LogP contribution in [0.1, 0.15) is 11.1 Å². The molecule has 3 rings (SSSR count). The molecule has 0 aliphatic carbocycles. The molecule has 0 saturated carbocycles. The molecule has 1 aromatic heterocycles. The molecule has 0 radical (unpaired) electrons. The standard InChI is InChI=1S/C18H18N6S.2ClH/c1-25-18-23-15(11-2-4-12(5-3-11)16(19)20)10-24(18)14-8-6-13(7-9-14)17(21)22;;/h2-10H,1H3,(H3,19,20)(H3,21,22);2*1H. The number of aromatic nitrogens is 2. The van der Waals surface area contributed by atoms with Crippen molar-refractivity contribution in [2.75, 3.05) is 6.26 Å². The van der Waals surface area contributed by atoms with E-state index in [0.717, 1.165) is 22.1 Å². The molecule has 9 heteroatoms. The minimum atomic E-state index is 0. The molecule has 0 spiro atoms. The van der Waals surface area contributed by atoms with Crippen LogP contribution in [0.2, 0.25) is 0 Å². The van der Waals surface area contributed by atoms with Crippen LogP contribution in [0.25, 0.3) is 16.9 Å². The molecule has 2 aromatic carbocycles. The van der Waals surface area contributed by atoms with Crippen molar-refractivity contribution in [3.05, 3.63) is 65.9 Å². The van der Waals surface area contributed by atoms with Gasteiger partial charge in [0, 0.05) is 28.6 Å². The lowest BCUT2D eigenvalue weighted by Gasteiger charge is -2.06. The zero-order chi connectivity index (χ0) is 18.0. The van der Waals surface area contributed by atoms with Gasteiger partial charge in [0.2, 0.25) is 0 Å². The molecule has 0 amide bonds. The predicted molar refractivity (Wildman–Crippen MR) is 117 cm³/mol. The van der Waals surface area contributed by atoms with Gasteiger partial charge in [-0.15, -0.1) is 24.8 Å². The summed E-state index contributed by atoms with van der Waals surface area (Å²) in [7, 11) is 0. The van der Waals surface area contributed by atoms with Gasteiger partial charge < -0.3 is 11.5 Å². The zero-order valence-corrected chi connectivity index (χ0v) is 16.9. The summed E-state index contributed by atoms with van der Waals surface area (Å²) >= 11 is 1.56. The number of thioether (sulfide) groups is 1. The van der Waals surface area contributed by atoms with Crippen LogP contribution in [-0.4, -0.2) is 27.5 Å². The normalized spacial score (nSPS) is 9.81. The highest BCUT2D eigenvalue weighted by atomic mass is 35.5. The quantitative estimate of drug-likeness (QED) is 0.285. The third-order valence-electron chi connectivity index (χ3n) is 3.80. The number of benzene rings is 2. The van der Waals surface area contributed by atoms with Crippen LogP contribution in [-0.2, 0) is 0 Å². The molecule has 142 valence electrons. The SMILES string of the molecule is CSc1nc(-c2ccc(C(=N)N)cc2)cn1-c1ccc(C(=N)N)cc1.Cl.Cl. The van der Waals surface area contributed by atoms with Gasteiger partial charge in [0.25, 0.3) is 0 Å². The van der Waals surface area contributed by atoms with E-state index >= 15 is 0 Å². The van der Waals surface area contributed by atoms with Crippen molar-refractivity contribution in [2.45, 2.75) is 5.16 Å². The van der Waals surface area contributed by atoms with Crippen molar-refractivity contribution in [1.82, 2.24) is 9.55 Å². The number of imidazole rings is 1. The van der Waals surface area contributed by atoms with Gasteiger partial charge in [0.1, 0.15) is 11.7 Å². The van der Waals surface area contributed by atoms with Crippen molar-refractivity contribution < 1.29 is 0 Å². The summed E-state index contributed by atoms with van der Waals surface area (Å²) < 4.78 is 2.00. The number of rotatable bonds is 5. The van der Waals surface area contributed by atoms with E-state index in [9.17, 15) is 0 Å². The Bertz CT molecular complexity index is 935. The summed E-state index contributed by atoms with van der Waals surface area (Å²) in [6, 6.07) is 14.9. The highest BCUT2D eigenvalue weighted by Crippen LogP contribution is 2.26. The molecular formula is C18H20Cl2N6S. The molecular weight excluding hydrogens is 403 g/mol. The van der Waals surface area contributed by atoms with E-state index in [-0.39, 0.29) is 36.5 Å². The lowest BCUT2D eigenvalue weighted by molar-refractivity contribution is 0.898. The second kappa shape index (κ2) is 9.45. The largest absolute Gasteiger partial charge is 0.384 e. The summed E-state index contributed by atoms with van der Waals surface area (Å²) in [5, 5.41) is 15.8. The summed E-state index contributed by atoms with van der Waals surface area (Å²) in [4.78, 5) is 4.68. The van der Waals surface area contributed by atoms with E-state index in [1.807, 2.05) is 65.6 Å². The Balaban J connectivity index is 0.00000182. The van der Waals surface area contributed by atoms with Crippen LogP contribution in [0.3, 0.4) is 0 Å². The molecule has 0 unspecified atom stereocenters. The van der Waals surface area contributed by atoms with Gasteiger partial charge in [-0.3, -0.25) is 15.4 Å². The number of hydrogen-bond donors (Lipinski definition) is 4. The van der Waals surface area contributed by atoms with Gasteiger partial charge in [-0.1, -0.05) is 36.0 Å². The number of nitrogens with one attached hydrogen (secondary N) is 2. The Kier molecular flexibility index (Phi) is 7.90. The third-order valence-corrected chi connectivity index (χ3v) is 4.46. The predicted octanol–water partition coefficient (Wildman–Crippen LogP) is 3.67. The van der Waals surface area contributed by atoms with Gasteiger partial charge in [0.05, 0.1) is 5.69 Å². The van der Waals surface area contributed by atoms with Gasteiger partial charge in [0.15, 0.2) is 5.16 Å². The number of amidine groups is 2. The fourth-order valence-electron chi connectivity index (χ4n) is 2.45. The summed E-state index contributed by atoms with van der Waals surface area (Å²) in [5.74, 6) is 0.0981. The van der Waals surface area contributed by atoms with E-state index in [2.05, 4.69) is 4.98 Å². The van der Waals surface area contributed by atoms with Gasteiger partial charge in [-0.2, -0.15) is 0 Å². The van der Waals surface area contributed by atoms with E-state index in [4.69, 9.17) is 22.3 Å². The van der Waals surface area contributed by atoms with E-state index in [1.165, 1.54) is 0 Å². The Morgan fingerprint density at radius 1 is 0.889 bits per heavy atom. The molecule has 27 heavy (non-hydrogen) atoms. The zero-order valence-electron chi connectivity index (χ0n) is 14.5. The second-order valence-corrected chi connectivity index (χ2v) is 6.21. The fraction of sp³-hybridized carbons (Fsp3) is 0.0556. The minimum absolute atomic E-state index is 0. The Morgan fingerprint density at radius 2 is 1.37 bits per heavy atom. The Labute approximate surface area is 174 Å². The first-order chi connectivity index (χ1) is 12.0. The molecule has 0 fully saturated rings. The number of hydrogen-bond acceptors (Lipinski definition) is 4. The van der Waals surface area contributed by atoms with Crippen LogP contribution >= 0.6 is 36.6 Å². The van der Waals surface area contributed by atoms with Gasteiger partial charge in [-0.25, -0.2) is 4.98 Å². The number of nitrogen functional groups attached to an aromatic ring is 2. The molecule has 1 heterocycles. The maximum atomic E-state index is 7.48. The summed E-state index contributed by atoms with van der Waals surface area (Å²) in [6.45, 7) is 0. The van der Waals surface area contributed by atoms with Crippen molar-refractivity contribution in [1.29, 1.82) is 10.8 Å². The summed E-state index contributed by atoms with van der Waals surface area (Å²) in [5.41, 5.74) is 15.1. The second-order valence-electron chi connectivity index (χ2n) is 5.43. The van der Waals surface area contributed by atoms with E-state index < -0.39 is 0 Å². The van der Waals surface area contributed by atoms with Crippen LogP contribution in [0.4, 0.5) is 0 Å². The van der Waals surface area contributed by atoms with Gasteiger partial charge in [-0.05, 0) is 30.5 Å². The van der Waals surface area contributed by atoms with Crippen LogP contribution in [0.15, 0.2) is 59.9 Å². The molecule has 0 saturated heterocycles. The molecule has 0 aliphatic rings. The van der Waals surface area contributed by atoms with Crippen LogP contribution in [0.5, 0.6) is 0 Å². The molecule has 0 atom stereocenters. The Hall–Kier alpha value is -2.48. The fourth-order valence-corrected chi connectivity index (χ4v) is 3.00. The lowest BCUT2D eigenvalue weighted by atomic mass is 10.1. The van der Waals surface area contributed by atoms with E-state index in [0.29, 0.717) is 11.1 Å². The average Bonchev–Trinajstić information content (AvgIpc) is 3.06. The molecule has 0 bridgehead atoms. The first kappa shape index (κ1) is 22.6. The van der Waals surface area contributed by atoms with Crippen LogP contribution in [0, 0.1) is 10.8 Å². The first-order valence-electron chi connectivity index (χ1n) is 7.52. The topological polar surface area (TPSA) is 118 Å². The van der Waals surface area contributed by atoms with Gasteiger partial charge >= 0.3 is 0 Å². The van der Waals surface area contributed by atoms with E-state index in [1.54, 1.807) is 11.8 Å². The third kappa shape index (κ3) is 4.82. The number of nitrogens with two attached hydrogens (primary N) is 2. The molecule has 3 aromatic rings. The monoisotopic (exact) mass is 422 g/mol. The highest BCUT2D eigenvalue weighted by Gasteiger charge is 2.11. The number of nitrogens with zero attached hydrogens (tertiary/aromatic N) is 2. The molecule has 0 aliphatic heterocycles. The lowest BCUT2D eigenvalue weighted by Crippen LogP contribution is -2.10. The van der Waals surface area contributed by atoms with Crippen LogP contribution < -0.4 is 11.5 Å². The smallest absolute Gasteiger partial charge is 0.172 e. The highest BCUT2D eigenvalue weighted by molar-refractivity contribution is 7.98. The maximum Gasteiger partial charge on any atom is 0.172 e. The van der Waals surface area contributed by atoms with Crippen molar-refractivity contribution >= 4 is 48.2 Å². The molecule has 6 nitrogen and oxygen atoms in total. The maximum absolute atomic E-state index is 7.48. The van der Waals surface area contributed by atoms with Crippen molar-refractivity contribution in [3.63, 3.8) is 0 Å². The first-order valence-corrected chi connectivity index (χ1v) is 8.75. The molecule has 6 N–H and O–H groups in total. The number of halogens is 2. The van der Waals surface area contributed by atoms with Crippen molar-refractivity contribution in [2.24, 2.45) is 11.5 Å². The van der Waals surface area contributed by atoms with Crippen molar-refractivity contribution in [3.8, 4) is 16.9 Å². The Morgan fingerprint density at radius 3 is 1.81 bits per heavy atom. The average molecular weight is 423 g/mol. The minimum Gasteiger partial charge on any atom is -0.384 e.